The van der Waals surface area contributed by atoms with Crippen LogP contribution in [0.2, 0.25) is 0 Å². The van der Waals surface area contributed by atoms with E-state index in [0.29, 0.717) is 12.2 Å². The minimum atomic E-state index is -0.358. The van der Waals surface area contributed by atoms with E-state index < -0.39 is 0 Å². The molecular formula is C19H21NO4. The van der Waals surface area contributed by atoms with Crippen LogP contribution in [-0.2, 0) is 16.1 Å². The Morgan fingerprint density at radius 2 is 1.71 bits per heavy atom. The maximum absolute atomic E-state index is 12.4. The summed E-state index contributed by atoms with van der Waals surface area (Å²) in [5.74, 6) is 0.147. The van der Waals surface area contributed by atoms with Crippen LogP contribution >= 0.6 is 0 Å². The third-order valence-electron chi connectivity index (χ3n) is 3.48. The minimum absolute atomic E-state index is 0.130. The molecule has 2 aromatic rings. The topological polar surface area (TPSA) is 64.6 Å². The summed E-state index contributed by atoms with van der Waals surface area (Å²) in [6, 6.07) is 16.4. The molecule has 0 fully saturated rings. The summed E-state index contributed by atoms with van der Waals surface area (Å²) in [5, 5.41) is 2.80. The van der Waals surface area contributed by atoms with Crippen LogP contribution in [0.3, 0.4) is 0 Å². The van der Waals surface area contributed by atoms with Crippen molar-refractivity contribution in [3.8, 4) is 5.75 Å². The lowest BCUT2D eigenvalue weighted by molar-refractivity contribution is -0.141. The Balaban J connectivity index is 2.02. The van der Waals surface area contributed by atoms with Gasteiger partial charge in [0.1, 0.15) is 12.4 Å². The molecule has 2 aromatic carbocycles. The van der Waals surface area contributed by atoms with Crippen molar-refractivity contribution in [2.75, 3.05) is 7.11 Å². The third kappa shape index (κ3) is 5.12. The first-order valence-electron chi connectivity index (χ1n) is 7.73. The van der Waals surface area contributed by atoms with Gasteiger partial charge in [-0.2, -0.15) is 0 Å². The van der Waals surface area contributed by atoms with Crippen molar-refractivity contribution >= 4 is 11.9 Å². The van der Waals surface area contributed by atoms with Crippen molar-refractivity contribution in [2.45, 2.75) is 26.0 Å². The van der Waals surface area contributed by atoms with Gasteiger partial charge in [-0.25, -0.2) is 0 Å². The fourth-order valence-electron chi connectivity index (χ4n) is 2.23. The van der Waals surface area contributed by atoms with Gasteiger partial charge in [-0.1, -0.05) is 36.4 Å². The molecule has 0 saturated carbocycles. The van der Waals surface area contributed by atoms with Crippen LogP contribution < -0.4 is 10.1 Å². The van der Waals surface area contributed by atoms with Gasteiger partial charge in [-0.3, -0.25) is 9.59 Å². The van der Waals surface area contributed by atoms with Crippen LogP contribution in [0.15, 0.2) is 54.6 Å². The van der Waals surface area contributed by atoms with Gasteiger partial charge in [0.2, 0.25) is 0 Å². The van der Waals surface area contributed by atoms with E-state index in [1.807, 2.05) is 42.5 Å². The molecule has 1 amide bonds. The minimum Gasteiger partial charge on any atom is -0.489 e. The SMILES string of the molecule is COC(=O)CC(C)NC(=O)c1ccccc1COc1ccccc1. The second-order valence-corrected chi connectivity index (χ2v) is 5.41. The van der Waals surface area contributed by atoms with E-state index in [2.05, 4.69) is 10.1 Å². The van der Waals surface area contributed by atoms with E-state index in [1.54, 1.807) is 19.1 Å². The lowest BCUT2D eigenvalue weighted by Crippen LogP contribution is -2.35. The second-order valence-electron chi connectivity index (χ2n) is 5.41. The van der Waals surface area contributed by atoms with Crippen LogP contribution in [0.5, 0.6) is 5.75 Å². The number of carbonyl (C=O) groups is 2. The van der Waals surface area contributed by atoms with Gasteiger partial charge in [0.15, 0.2) is 0 Å². The average Bonchev–Trinajstić information content (AvgIpc) is 2.60. The fraction of sp³-hybridized carbons (Fsp3) is 0.263. The number of ether oxygens (including phenoxy) is 2. The molecule has 0 aliphatic carbocycles. The standard InChI is InChI=1S/C19H21NO4/c1-14(12-18(21)23-2)20-19(22)17-11-7-6-8-15(17)13-24-16-9-4-3-5-10-16/h3-11,14H,12-13H2,1-2H3,(H,20,22). The predicted molar refractivity (Wildman–Crippen MR) is 90.8 cm³/mol. The predicted octanol–water partition coefficient (Wildman–Crippen LogP) is 2.95. The van der Waals surface area contributed by atoms with E-state index in [-0.39, 0.29) is 24.3 Å². The van der Waals surface area contributed by atoms with Crippen molar-refractivity contribution in [3.63, 3.8) is 0 Å². The Kier molecular flexibility index (Phi) is 6.37. The fourth-order valence-corrected chi connectivity index (χ4v) is 2.23. The normalized spacial score (nSPS) is 11.4. The van der Waals surface area contributed by atoms with E-state index >= 15 is 0 Å². The number of benzene rings is 2. The van der Waals surface area contributed by atoms with Crippen molar-refractivity contribution in [2.24, 2.45) is 0 Å². The monoisotopic (exact) mass is 327 g/mol. The molecule has 1 unspecified atom stereocenters. The smallest absolute Gasteiger partial charge is 0.307 e. The molecule has 0 bridgehead atoms. The number of para-hydroxylation sites is 1. The number of carbonyl (C=O) groups excluding carboxylic acids is 2. The largest absolute Gasteiger partial charge is 0.489 e. The summed E-state index contributed by atoms with van der Waals surface area (Å²) in [6.45, 7) is 2.05. The molecule has 0 spiro atoms. The Bertz CT molecular complexity index is 685. The average molecular weight is 327 g/mol. The number of nitrogens with one attached hydrogen (secondary N) is 1. The molecule has 0 heterocycles. The summed E-state index contributed by atoms with van der Waals surface area (Å²) in [4.78, 5) is 23.7. The van der Waals surface area contributed by atoms with Gasteiger partial charge in [0, 0.05) is 17.2 Å². The maximum Gasteiger partial charge on any atom is 0.307 e. The van der Waals surface area contributed by atoms with Gasteiger partial charge < -0.3 is 14.8 Å². The quantitative estimate of drug-likeness (QED) is 0.794. The molecule has 0 aromatic heterocycles. The van der Waals surface area contributed by atoms with Crippen molar-refractivity contribution in [3.05, 3.63) is 65.7 Å². The van der Waals surface area contributed by atoms with Gasteiger partial charge in [-0.15, -0.1) is 0 Å². The van der Waals surface area contributed by atoms with E-state index in [1.165, 1.54) is 7.11 Å². The van der Waals surface area contributed by atoms with Crippen LogP contribution in [-0.4, -0.2) is 25.0 Å². The zero-order valence-electron chi connectivity index (χ0n) is 13.8. The number of hydrogen-bond acceptors (Lipinski definition) is 4. The van der Waals surface area contributed by atoms with Gasteiger partial charge in [0.05, 0.1) is 13.5 Å². The highest BCUT2D eigenvalue weighted by Crippen LogP contribution is 2.15. The number of rotatable bonds is 7. The number of hydrogen-bond donors (Lipinski definition) is 1. The lowest BCUT2D eigenvalue weighted by atomic mass is 10.1. The van der Waals surface area contributed by atoms with E-state index in [9.17, 15) is 9.59 Å². The number of esters is 1. The first kappa shape index (κ1) is 17.5. The Hall–Kier alpha value is -2.82. The van der Waals surface area contributed by atoms with E-state index in [4.69, 9.17) is 4.74 Å². The van der Waals surface area contributed by atoms with Crippen molar-refractivity contribution < 1.29 is 19.1 Å². The summed E-state index contributed by atoms with van der Waals surface area (Å²) < 4.78 is 10.3. The molecule has 1 N–H and O–H groups in total. The van der Waals surface area contributed by atoms with E-state index in [0.717, 1.165) is 11.3 Å². The molecule has 126 valence electrons. The zero-order chi connectivity index (χ0) is 17.4. The van der Waals surface area contributed by atoms with Crippen molar-refractivity contribution in [1.29, 1.82) is 0 Å². The number of methoxy groups -OCH3 is 1. The summed E-state index contributed by atoms with van der Waals surface area (Å²) in [5.41, 5.74) is 1.31. The Morgan fingerprint density at radius 1 is 1.04 bits per heavy atom. The summed E-state index contributed by atoms with van der Waals surface area (Å²) >= 11 is 0. The van der Waals surface area contributed by atoms with Gasteiger partial charge >= 0.3 is 5.97 Å². The van der Waals surface area contributed by atoms with Gasteiger partial charge in [-0.05, 0) is 25.1 Å². The maximum atomic E-state index is 12.4. The van der Waals surface area contributed by atoms with Crippen molar-refractivity contribution in [1.82, 2.24) is 5.32 Å². The molecule has 24 heavy (non-hydrogen) atoms. The molecule has 5 heteroatoms. The summed E-state index contributed by atoms with van der Waals surface area (Å²) in [7, 11) is 1.33. The first-order chi connectivity index (χ1) is 11.6. The zero-order valence-corrected chi connectivity index (χ0v) is 13.8. The van der Waals surface area contributed by atoms with Crippen LogP contribution in [0.25, 0.3) is 0 Å². The third-order valence-corrected chi connectivity index (χ3v) is 3.48. The molecule has 5 nitrogen and oxygen atoms in total. The highest BCUT2D eigenvalue weighted by atomic mass is 16.5. The number of amides is 1. The lowest BCUT2D eigenvalue weighted by Gasteiger charge is -2.15. The summed E-state index contributed by atoms with van der Waals surface area (Å²) in [6.07, 6.45) is 0.130. The molecule has 0 saturated heterocycles. The molecule has 1 atom stereocenters. The van der Waals surface area contributed by atoms with Crippen LogP contribution in [0, 0.1) is 0 Å². The van der Waals surface area contributed by atoms with Crippen LogP contribution in [0.1, 0.15) is 29.3 Å². The molecular weight excluding hydrogens is 306 g/mol. The van der Waals surface area contributed by atoms with Gasteiger partial charge in [0.25, 0.3) is 5.91 Å². The van der Waals surface area contributed by atoms with Crippen LogP contribution in [0.4, 0.5) is 0 Å². The second kappa shape index (κ2) is 8.72. The molecule has 0 radical (unpaired) electrons. The highest BCUT2D eigenvalue weighted by molar-refractivity contribution is 5.96. The molecule has 0 aliphatic heterocycles. The molecule has 0 aliphatic rings. The first-order valence-corrected chi connectivity index (χ1v) is 7.73. The highest BCUT2D eigenvalue weighted by Gasteiger charge is 2.16. The molecule has 2 rings (SSSR count). The Morgan fingerprint density at radius 3 is 2.42 bits per heavy atom. The Labute approximate surface area is 141 Å².